The van der Waals surface area contributed by atoms with E-state index in [0.29, 0.717) is 0 Å². The zero-order chi connectivity index (χ0) is 6.57. The van der Waals surface area contributed by atoms with Crippen molar-refractivity contribution >= 4 is 23.8 Å². The van der Waals surface area contributed by atoms with Crippen LogP contribution in [-0.2, 0) is 0 Å². The number of rotatable bonds is 2. The molecular formula is C5H10BBrO. The predicted molar refractivity (Wildman–Crippen MR) is 41.8 cm³/mol. The Labute approximate surface area is 59.3 Å². The molecule has 0 aromatic rings. The Bertz CT molecular complexity index is 88.4. The number of hydrogen-bond acceptors (Lipinski definition) is 1. The average molecular weight is 177 g/mol. The summed E-state index contributed by atoms with van der Waals surface area (Å²) in [6.45, 7) is 2.19. The van der Waals surface area contributed by atoms with Gasteiger partial charge in [0.2, 0.25) is 0 Å². The minimum absolute atomic E-state index is 0.225. The van der Waals surface area contributed by atoms with E-state index >= 15 is 0 Å². The second-order valence-corrected chi connectivity index (χ2v) is 3.16. The molecule has 0 aromatic heterocycles. The highest BCUT2D eigenvalue weighted by Gasteiger charge is 1.91. The van der Waals surface area contributed by atoms with Crippen molar-refractivity contribution in [3.8, 4) is 0 Å². The van der Waals surface area contributed by atoms with Crippen molar-refractivity contribution in [2.45, 2.75) is 6.92 Å². The van der Waals surface area contributed by atoms with Gasteiger partial charge in [0.05, 0.1) is 0 Å². The van der Waals surface area contributed by atoms with Gasteiger partial charge in [-0.25, -0.2) is 0 Å². The summed E-state index contributed by atoms with van der Waals surface area (Å²) in [6.07, 6.45) is 1.97. The number of aliphatic hydroxyl groups excluding tert-OH is 1. The maximum Gasteiger partial charge on any atom is 0.148 e. The van der Waals surface area contributed by atoms with E-state index in [1.54, 1.807) is 0 Å². The molecule has 0 aromatic carbocycles. The molecule has 0 bridgehead atoms. The number of aliphatic hydroxyl groups is 1. The zero-order valence-corrected chi connectivity index (χ0v) is 6.77. The fourth-order valence-electron chi connectivity index (χ4n) is 0.445. The summed E-state index contributed by atoms with van der Waals surface area (Å²) in [5.74, 6) is 0.273. The van der Waals surface area contributed by atoms with E-state index in [-0.39, 0.29) is 12.5 Å². The third-order valence-electron chi connectivity index (χ3n) is 0.802. The fourth-order valence-corrected chi connectivity index (χ4v) is 0.896. The summed E-state index contributed by atoms with van der Waals surface area (Å²) < 4.78 is 1.08. The van der Waals surface area contributed by atoms with Crippen LogP contribution in [0.2, 0.25) is 0 Å². The minimum Gasteiger partial charge on any atom is -0.396 e. The maximum absolute atomic E-state index is 8.52. The third-order valence-corrected chi connectivity index (χ3v) is 1.07. The quantitative estimate of drug-likeness (QED) is 0.608. The second-order valence-electron chi connectivity index (χ2n) is 1.91. The van der Waals surface area contributed by atoms with Crippen LogP contribution >= 0.6 is 15.9 Å². The van der Waals surface area contributed by atoms with Crippen molar-refractivity contribution in [1.29, 1.82) is 0 Å². The first kappa shape index (κ1) is 8.24. The van der Waals surface area contributed by atoms with Gasteiger partial charge in [-0.15, -0.1) is 0 Å². The Morgan fingerprint density at radius 2 is 2.50 bits per heavy atom. The maximum atomic E-state index is 8.52. The highest BCUT2D eigenvalue weighted by molar-refractivity contribution is 9.12. The lowest BCUT2D eigenvalue weighted by atomic mass is 10.1. The number of hydrogen-bond donors (Lipinski definition) is 1. The van der Waals surface area contributed by atoms with Crippen LogP contribution in [-0.4, -0.2) is 19.6 Å². The average Bonchev–Trinajstić information content (AvgIpc) is 1.65. The topological polar surface area (TPSA) is 20.2 Å². The van der Waals surface area contributed by atoms with Gasteiger partial charge >= 0.3 is 0 Å². The molecule has 0 fully saturated rings. The Kier molecular flexibility index (Phi) is 4.28. The lowest BCUT2D eigenvalue weighted by molar-refractivity contribution is 0.262. The zero-order valence-electron chi connectivity index (χ0n) is 5.19. The van der Waals surface area contributed by atoms with Gasteiger partial charge in [0, 0.05) is 6.61 Å². The smallest absolute Gasteiger partial charge is 0.148 e. The molecule has 0 aliphatic carbocycles. The van der Waals surface area contributed by atoms with Crippen LogP contribution in [0.4, 0.5) is 0 Å². The molecule has 0 radical (unpaired) electrons. The van der Waals surface area contributed by atoms with Crippen LogP contribution in [0.1, 0.15) is 6.92 Å². The molecule has 0 saturated carbocycles. The highest BCUT2D eigenvalue weighted by atomic mass is 79.9. The van der Waals surface area contributed by atoms with E-state index in [9.17, 15) is 0 Å². The molecule has 0 spiro atoms. The van der Waals surface area contributed by atoms with Crippen LogP contribution in [0, 0.1) is 5.92 Å². The Morgan fingerprint density at radius 3 is 2.62 bits per heavy atom. The molecule has 0 rings (SSSR count). The van der Waals surface area contributed by atoms with E-state index in [2.05, 4.69) is 15.9 Å². The molecule has 0 aliphatic heterocycles. The predicted octanol–water partition coefficient (Wildman–Crippen LogP) is 0.484. The monoisotopic (exact) mass is 176 g/mol. The van der Waals surface area contributed by atoms with Crippen molar-refractivity contribution in [3.05, 3.63) is 10.5 Å². The lowest BCUT2D eigenvalue weighted by Crippen LogP contribution is -1.95. The molecule has 8 heavy (non-hydrogen) atoms. The summed E-state index contributed by atoms with van der Waals surface area (Å²) in [6, 6.07) is 0. The Balaban J connectivity index is 3.51. The van der Waals surface area contributed by atoms with Gasteiger partial charge in [-0.3, -0.25) is 0 Å². The summed E-state index contributed by atoms with van der Waals surface area (Å²) in [5, 5.41) is 8.52. The van der Waals surface area contributed by atoms with Crippen LogP contribution in [0.15, 0.2) is 10.5 Å². The lowest BCUT2D eigenvalue weighted by Gasteiger charge is -1.98. The van der Waals surface area contributed by atoms with Crippen molar-refractivity contribution in [2.75, 3.05) is 6.61 Å². The molecule has 46 valence electrons. The van der Waals surface area contributed by atoms with Gasteiger partial charge in [-0.1, -0.05) is 33.3 Å². The SMILES string of the molecule is B/C(Br)=C\[C@@H](C)CO. The largest absolute Gasteiger partial charge is 0.396 e. The van der Waals surface area contributed by atoms with Crippen molar-refractivity contribution in [1.82, 2.24) is 0 Å². The first-order chi connectivity index (χ1) is 3.66. The van der Waals surface area contributed by atoms with Crippen LogP contribution < -0.4 is 0 Å². The second kappa shape index (κ2) is 4.16. The molecule has 1 nitrogen and oxygen atoms in total. The molecule has 3 heteroatoms. The third kappa shape index (κ3) is 4.41. The van der Waals surface area contributed by atoms with E-state index in [4.69, 9.17) is 5.11 Å². The summed E-state index contributed by atoms with van der Waals surface area (Å²) in [5.41, 5.74) is 0. The normalized spacial score (nSPS) is 16.1. The van der Waals surface area contributed by atoms with Crippen LogP contribution in [0.3, 0.4) is 0 Å². The van der Waals surface area contributed by atoms with Crippen molar-refractivity contribution in [2.24, 2.45) is 5.92 Å². The highest BCUT2D eigenvalue weighted by Crippen LogP contribution is 2.03. The van der Waals surface area contributed by atoms with Gasteiger partial charge in [-0.05, 0) is 5.92 Å². The fraction of sp³-hybridized carbons (Fsp3) is 0.600. The molecule has 1 atom stereocenters. The molecule has 0 unspecified atom stereocenters. The first-order valence-corrected chi connectivity index (χ1v) is 3.41. The van der Waals surface area contributed by atoms with Crippen molar-refractivity contribution < 1.29 is 5.11 Å². The first-order valence-electron chi connectivity index (χ1n) is 2.61. The standard InChI is InChI=1S/C5H10BBrO/c1-4(3-8)2-5(6)7/h2,4,8H,3,6H2,1H3/b5-2+/t4-/m1/s1. The van der Waals surface area contributed by atoms with Crippen LogP contribution in [0.5, 0.6) is 0 Å². The molecule has 1 N–H and O–H groups in total. The summed E-state index contributed by atoms with van der Waals surface area (Å²) in [4.78, 5) is 0. The van der Waals surface area contributed by atoms with E-state index in [1.165, 1.54) is 0 Å². The minimum atomic E-state index is 0.225. The number of halogens is 1. The summed E-state index contributed by atoms with van der Waals surface area (Å²) >= 11 is 3.27. The summed E-state index contributed by atoms with van der Waals surface area (Å²) in [7, 11) is 1.95. The molecular weight excluding hydrogens is 167 g/mol. The van der Waals surface area contributed by atoms with E-state index < -0.39 is 0 Å². The molecule has 0 heterocycles. The van der Waals surface area contributed by atoms with Crippen LogP contribution in [0.25, 0.3) is 0 Å². The van der Waals surface area contributed by atoms with Gasteiger partial charge in [0.1, 0.15) is 7.85 Å². The van der Waals surface area contributed by atoms with Gasteiger partial charge in [-0.2, -0.15) is 0 Å². The van der Waals surface area contributed by atoms with E-state index in [1.807, 2.05) is 20.8 Å². The Morgan fingerprint density at radius 1 is 2.00 bits per heavy atom. The van der Waals surface area contributed by atoms with E-state index in [0.717, 1.165) is 4.38 Å². The molecule has 0 saturated heterocycles. The van der Waals surface area contributed by atoms with Gasteiger partial charge < -0.3 is 5.11 Å². The Hall–Kier alpha value is 0.245. The van der Waals surface area contributed by atoms with Gasteiger partial charge in [0.25, 0.3) is 0 Å². The molecule has 0 aliphatic rings. The van der Waals surface area contributed by atoms with Gasteiger partial charge in [0.15, 0.2) is 0 Å². The van der Waals surface area contributed by atoms with Crippen molar-refractivity contribution in [3.63, 3.8) is 0 Å². The molecule has 0 amide bonds.